The van der Waals surface area contributed by atoms with Crippen molar-refractivity contribution in [1.82, 2.24) is 10.2 Å². The number of rotatable bonds is 5. The molecular formula is C20H30ClFN2O2. The molecule has 26 heavy (non-hydrogen) atoms. The number of hydrogen-bond donors (Lipinski definition) is 1. The molecule has 2 saturated heterocycles. The van der Waals surface area contributed by atoms with Crippen LogP contribution in [0, 0.1) is 17.2 Å². The van der Waals surface area contributed by atoms with Crippen LogP contribution in [0.5, 0.6) is 0 Å². The highest BCUT2D eigenvalue weighted by atomic mass is 35.5. The van der Waals surface area contributed by atoms with E-state index in [0.717, 1.165) is 63.8 Å². The lowest BCUT2D eigenvalue weighted by atomic mass is 9.77. The third-order valence-electron chi connectivity index (χ3n) is 5.75. The topological polar surface area (TPSA) is 41.6 Å². The second kappa shape index (κ2) is 9.67. The van der Waals surface area contributed by atoms with Crippen LogP contribution in [0.25, 0.3) is 0 Å². The summed E-state index contributed by atoms with van der Waals surface area (Å²) in [4.78, 5) is 15.2. The molecule has 6 heteroatoms. The molecule has 1 aromatic carbocycles. The number of benzene rings is 1. The molecule has 2 fully saturated rings. The highest BCUT2D eigenvalue weighted by Gasteiger charge is 2.42. The van der Waals surface area contributed by atoms with E-state index >= 15 is 0 Å². The summed E-state index contributed by atoms with van der Waals surface area (Å²) in [5.41, 5.74) is 0.703. The number of methoxy groups -OCH3 is 1. The average molecular weight is 385 g/mol. The lowest BCUT2D eigenvalue weighted by Crippen LogP contribution is -2.53. The highest BCUT2D eigenvalue weighted by molar-refractivity contribution is 5.85. The molecule has 1 amide bonds. The molecule has 3 rings (SSSR count). The summed E-state index contributed by atoms with van der Waals surface area (Å²) in [6.07, 6.45) is 4.58. The van der Waals surface area contributed by atoms with Crippen LogP contribution in [0.2, 0.25) is 0 Å². The van der Waals surface area contributed by atoms with E-state index in [1.165, 1.54) is 6.07 Å². The van der Waals surface area contributed by atoms with Crippen LogP contribution in [-0.4, -0.2) is 50.7 Å². The van der Waals surface area contributed by atoms with Gasteiger partial charge in [-0.1, -0.05) is 12.1 Å². The SMILES string of the molecule is COCC1(C(=O)N2CCC(Cc3cccc(F)c3)CC2)CCNCC1.Cl. The van der Waals surface area contributed by atoms with Crippen LogP contribution in [0.15, 0.2) is 24.3 Å². The summed E-state index contributed by atoms with van der Waals surface area (Å²) in [6, 6.07) is 6.87. The van der Waals surface area contributed by atoms with Crippen molar-refractivity contribution in [3.8, 4) is 0 Å². The zero-order chi connectivity index (χ0) is 17.7. The van der Waals surface area contributed by atoms with Crippen LogP contribution < -0.4 is 5.32 Å². The number of likely N-dealkylation sites (tertiary alicyclic amines) is 1. The van der Waals surface area contributed by atoms with Gasteiger partial charge in [0.2, 0.25) is 5.91 Å². The molecule has 0 bridgehead atoms. The maximum Gasteiger partial charge on any atom is 0.231 e. The lowest BCUT2D eigenvalue weighted by molar-refractivity contribution is -0.149. The number of piperidine rings is 2. The summed E-state index contributed by atoms with van der Waals surface area (Å²) in [6.45, 7) is 3.88. The lowest BCUT2D eigenvalue weighted by Gasteiger charge is -2.42. The fourth-order valence-corrected chi connectivity index (χ4v) is 4.27. The van der Waals surface area contributed by atoms with Crippen LogP contribution in [-0.2, 0) is 16.0 Å². The molecule has 4 nitrogen and oxygen atoms in total. The molecule has 0 saturated carbocycles. The van der Waals surface area contributed by atoms with Gasteiger partial charge in [-0.3, -0.25) is 4.79 Å². The molecule has 0 aromatic heterocycles. The Morgan fingerprint density at radius 3 is 2.62 bits per heavy atom. The Labute approximate surface area is 161 Å². The van der Waals surface area contributed by atoms with Gasteiger partial charge in [0.1, 0.15) is 5.82 Å². The van der Waals surface area contributed by atoms with Crippen LogP contribution in [0.1, 0.15) is 31.2 Å². The number of hydrogen-bond acceptors (Lipinski definition) is 3. The van der Waals surface area contributed by atoms with Crippen molar-refractivity contribution in [3.63, 3.8) is 0 Å². The van der Waals surface area contributed by atoms with Gasteiger partial charge in [0, 0.05) is 20.2 Å². The van der Waals surface area contributed by atoms with Gasteiger partial charge in [-0.05, 0) is 68.8 Å². The second-order valence-corrected chi connectivity index (χ2v) is 7.53. The summed E-state index contributed by atoms with van der Waals surface area (Å²) < 4.78 is 18.7. The fourth-order valence-electron chi connectivity index (χ4n) is 4.27. The van der Waals surface area contributed by atoms with Crippen molar-refractivity contribution in [2.24, 2.45) is 11.3 Å². The molecule has 2 heterocycles. The molecule has 1 N–H and O–H groups in total. The van der Waals surface area contributed by atoms with Crippen LogP contribution in [0.3, 0.4) is 0 Å². The molecule has 2 aliphatic heterocycles. The Hall–Kier alpha value is -1.17. The largest absolute Gasteiger partial charge is 0.384 e. The molecule has 1 aromatic rings. The Morgan fingerprint density at radius 2 is 2.00 bits per heavy atom. The van der Waals surface area contributed by atoms with Crippen molar-refractivity contribution < 1.29 is 13.9 Å². The van der Waals surface area contributed by atoms with Gasteiger partial charge in [0.05, 0.1) is 12.0 Å². The quantitative estimate of drug-likeness (QED) is 0.848. The molecule has 146 valence electrons. The van der Waals surface area contributed by atoms with Gasteiger partial charge in [-0.2, -0.15) is 0 Å². The minimum Gasteiger partial charge on any atom is -0.384 e. The molecule has 0 spiro atoms. The first-order chi connectivity index (χ1) is 12.1. The van der Waals surface area contributed by atoms with Gasteiger partial charge < -0.3 is 15.0 Å². The van der Waals surface area contributed by atoms with E-state index in [0.29, 0.717) is 12.5 Å². The Morgan fingerprint density at radius 1 is 1.31 bits per heavy atom. The predicted octanol–water partition coefficient (Wildman–Crippen LogP) is 3.04. The maximum atomic E-state index is 13.3. The number of ether oxygens (including phenoxy) is 1. The number of carbonyl (C=O) groups excluding carboxylic acids is 1. The minimum absolute atomic E-state index is 0. The van der Waals surface area contributed by atoms with E-state index in [2.05, 4.69) is 5.32 Å². The van der Waals surface area contributed by atoms with E-state index in [1.54, 1.807) is 19.2 Å². The standard InChI is InChI=1S/C20H29FN2O2.ClH/c1-25-15-20(7-9-22-10-8-20)19(24)23-11-5-16(6-12-23)13-17-3-2-4-18(21)14-17;/h2-4,14,16,22H,5-13,15H2,1H3;1H. The molecule has 2 aliphatic rings. The van der Waals surface area contributed by atoms with E-state index < -0.39 is 0 Å². The third-order valence-corrected chi connectivity index (χ3v) is 5.75. The van der Waals surface area contributed by atoms with E-state index in [1.807, 2.05) is 11.0 Å². The molecule has 0 radical (unpaired) electrons. The second-order valence-electron chi connectivity index (χ2n) is 7.53. The molecule has 0 atom stereocenters. The van der Waals surface area contributed by atoms with Gasteiger partial charge in [-0.25, -0.2) is 4.39 Å². The van der Waals surface area contributed by atoms with E-state index in [-0.39, 0.29) is 29.5 Å². The number of halogens is 2. The summed E-state index contributed by atoms with van der Waals surface area (Å²) >= 11 is 0. The highest BCUT2D eigenvalue weighted by Crippen LogP contribution is 2.33. The van der Waals surface area contributed by atoms with Crippen molar-refractivity contribution in [2.75, 3.05) is 39.9 Å². The monoisotopic (exact) mass is 384 g/mol. The number of nitrogens with one attached hydrogen (secondary N) is 1. The number of carbonyl (C=O) groups is 1. The van der Waals surface area contributed by atoms with Crippen molar-refractivity contribution >= 4 is 18.3 Å². The van der Waals surface area contributed by atoms with Crippen LogP contribution in [0.4, 0.5) is 4.39 Å². The molecule has 0 aliphatic carbocycles. The smallest absolute Gasteiger partial charge is 0.231 e. The fraction of sp³-hybridized carbons (Fsp3) is 0.650. The normalized spacial score (nSPS) is 20.5. The summed E-state index contributed by atoms with van der Waals surface area (Å²) in [7, 11) is 1.68. The zero-order valence-electron chi connectivity index (χ0n) is 15.5. The first-order valence-electron chi connectivity index (χ1n) is 9.36. The molecular weight excluding hydrogens is 355 g/mol. The van der Waals surface area contributed by atoms with Crippen LogP contribution >= 0.6 is 12.4 Å². The zero-order valence-corrected chi connectivity index (χ0v) is 16.3. The van der Waals surface area contributed by atoms with Gasteiger partial charge in [0.15, 0.2) is 0 Å². The Balaban J connectivity index is 0.00000243. The van der Waals surface area contributed by atoms with Gasteiger partial charge in [0.25, 0.3) is 0 Å². The van der Waals surface area contributed by atoms with Crippen molar-refractivity contribution in [2.45, 2.75) is 32.1 Å². The third kappa shape index (κ3) is 4.96. The molecule has 0 unspecified atom stereocenters. The average Bonchev–Trinajstić information content (AvgIpc) is 2.63. The Kier molecular flexibility index (Phi) is 7.86. The van der Waals surface area contributed by atoms with Crippen molar-refractivity contribution in [3.05, 3.63) is 35.6 Å². The van der Waals surface area contributed by atoms with Gasteiger partial charge in [-0.15, -0.1) is 12.4 Å². The van der Waals surface area contributed by atoms with E-state index in [9.17, 15) is 9.18 Å². The summed E-state index contributed by atoms with van der Waals surface area (Å²) in [5, 5.41) is 3.34. The number of nitrogens with zero attached hydrogens (tertiary/aromatic N) is 1. The predicted molar refractivity (Wildman–Crippen MR) is 103 cm³/mol. The summed E-state index contributed by atoms with van der Waals surface area (Å²) in [5.74, 6) is 0.620. The maximum absolute atomic E-state index is 13.3. The van der Waals surface area contributed by atoms with Crippen molar-refractivity contribution in [1.29, 1.82) is 0 Å². The first kappa shape index (κ1) is 21.1. The van der Waals surface area contributed by atoms with Gasteiger partial charge >= 0.3 is 0 Å². The van der Waals surface area contributed by atoms with E-state index in [4.69, 9.17) is 4.74 Å². The Bertz CT molecular complexity index is 579. The minimum atomic E-state index is -0.352. The first-order valence-corrected chi connectivity index (χ1v) is 9.36. The number of amides is 1.